The second kappa shape index (κ2) is 4.58. The fourth-order valence-electron chi connectivity index (χ4n) is 1.52. The van der Waals surface area contributed by atoms with Gasteiger partial charge in [-0.1, -0.05) is 11.6 Å². The molecule has 0 radical (unpaired) electrons. The third kappa shape index (κ3) is 2.70. The zero-order valence-corrected chi connectivity index (χ0v) is 10.1. The van der Waals surface area contributed by atoms with Crippen LogP contribution in [0.3, 0.4) is 0 Å². The lowest BCUT2D eigenvalue weighted by Gasteiger charge is -2.08. The zero-order chi connectivity index (χ0) is 14.2. The number of nitrogens with two attached hydrogens (primary N) is 1. The maximum absolute atomic E-state index is 12.5. The van der Waals surface area contributed by atoms with Crippen LogP contribution in [-0.2, 0) is 6.18 Å². The van der Waals surface area contributed by atoms with E-state index >= 15 is 0 Å². The molecule has 0 atom stereocenters. The van der Waals surface area contributed by atoms with Crippen molar-refractivity contribution in [1.82, 2.24) is 9.78 Å². The summed E-state index contributed by atoms with van der Waals surface area (Å²) < 4.78 is 38.5. The summed E-state index contributed by atoms with van der Waals surface area (Å²) in [6, 6.07) is 4.33. The molecule has 0 aliphatic rings. The molecule has 0 saturated carbocycles. The minimum atomic E-state index is -4.47. The Morgan fingerprint density at radius 3 is 2.58 bits per heavy atom. The lowest BCUT2D eigenvalue weighted by molar-refractivity contribution is -0.137. The predicted octanol–water partition coefficient (Wildman–Crippen LogP) is 2.83. The lowest BCUT2D eigenvalue weighted by Crippen LogP contribution is -2.15. The van der Waals surface area contributed by atoms with E-state index in [1.165, 1.54) is 18.2 Å². The Morgan fingerprint density at radius 2 is 2.05 bits per heavy atom. The maximum atomic E-state index is 12.5. The van der Waals surface area contributed by atoms with Gasteiger partial charge in [-0.15, -0.1) is 0 Å². The average molecular weight is 289 g/mol. The van der Waals surface area contributed by atoms with Crippen molar-refractivity contribution in [3.63, 3.8) is 0 Å². The fourth-order valence-corrected chi connectivity index (χ4v) is 1.70. The molecule has 1 aromatic heterocycles. The molecule has 0 spiro atoms. The normalized spacial score (nSPS) is 11.6. The van der Waals surface area contributed by atoms with Crippen LogP contribution in [0.4, 0.5) is 13.2 Å². The molecule has 2 aromatic rings. The second-order valence-electron chi connectivity index (χ2n) is 3.75. The molecule has 0 amide bonds. The topological polar surface area (TPSA) is 67.7 Å². The van der Waals surface area contributed by atoms with Gasteiger partial charge in [0, 0.05) is 16.8 Å². The van der Waals surface area contributed by atoms with Crippen molar-refractivity contribution in [3.8, 4) is 5.69 Å². The highest BCUT2D eigenvalue weighted by molar-refractivity contribution is 6.31. The summed E-state index contributed by atoms with van der Waals surface area (Å²) in [6.07, 6.45) is -2.94. The second-order valence-corrected chi connectivity index (χ2v) is 4.18. The van der Waals surface area contributed by atoms with Gasteiger partial charge in [-0.05, 0) is 18.2 Å². The van der Waals surface area contributed by atoms with Crippen molar-refractivity contribution >= 4 is 17.4 Å². The third-order valence-corrected chi connectivity index (χ3v) is 2.64. The van der Waals surface area contributed by atoms with Gasteiger partial charge in [-0.25, -0.2) is 4.68 Å². The molecule has 0 aliphatic carbocycles. The minimum Gasteiger partial charge on any atom is -0.384 e. The monoisotopic (exact) mass is 288 g/mol. The number of alkyl halides is 3. The molecule has 3 N–H and O–H groups in total. The number of amidine groups is 1. The average Bonchev–Trinajstić information content (AvgIpc) is 2.77. The highest BCUT2D eigenvalue weighted by atomic mass is 35.5. The highest BCUT2D eigenvalue weighted by Crippen LogP contribution is 2.29. The first kappa shape index (κ1) is 13.4. The number of hydrogen-bond donors (Lipinski definition) is 2. The molecule has 0 aliphatic heterocycles. The van der Waals surface area contributed by atoms with E-state index in [4.69, 9.17) is 22.7 Å². The van der Waals surface area contributed by atoms with Gasteiger partial charge >= 0.3 is 6.18 Å². The van der Waals surface area contributed by atoms with E-state index in [9.17, 15) is 13.2 Å². The van der Waals surface area contributed by atoms with E-state index in [0.29, 0.717) is 11.2 Å². The summed E-state index contributed by atoms with van der Waals surface area (Å²) in [6.45, 7) is 0. The first-order valence-electron chi connectivity index (χ1n) is 5.05. The number of aromatic nitrogens is 2. The molecule has 2 rings (SSSR count). The Labute approximate surface area is 111 Å². The van der Waals surface area contributed by atoms with Crippen LogP contribution in [0.5, 0.6) is 0 Å². The number of nitrogens with one attached hydrogen (secondary N) is 1. The van der Waals surface area contributed by atoms with Crippen LogP contribution in [0, 0.1) is 5.41 Å². The van der Waals surface area contributed by atoms with E-state index in [1.807, 2.05) is 0 Å². The van der Waals surface area contributed by atoms with Gasteiger partial charge in [0.15, 0.2) is 0 Å². The molecule has 8 heteroatoms. The van der Waals surface area contributed by atoms with Gasteiger partial charge in [-0.2, -0.15) is 18.3 Å². The van der Waals surface area contributed by atoms with Crippen molar-refractivity contribution in [3.05, 3.63) is 46.7 Å². The van der Waals surface area contributed by atoms with Crippen LogP contribution in [0.2, 0.25) is 5.02 Å². The maximum Gasteiger partial charge on any atom is 0.419 e. The summed E-state index contributed by atoms with van der Waals surface area (Å²) in [5.41, 5.74) is 4.97. The van der Waals surface area contributed by atoms with Gasteiger partial charge in [0.2, 0.25) is 0 Å². The summed E-state index contributed by atoms with van der Waals surface area (Å²) in [4.78, 5) is 0. The molecule has 0 fully saturated rings. The number of benzene rings is 1. The van der Waals surface area contributed by atoms with Gasteiger partial charge < -0.3 is 5.73 Å². The zero-order valence-electron chi connectivity index (χ0n) is 9.37. The largest absolute Gasteiger partial charge is 0.419 e. The molecule has 1 heterocycles. The van der Waals surface area contributed by atoms with Gasteiger partial charge in [0.05, 0.1) is 17.4 Å². The molecule has 0 saturated heterocycles. The smallest absolute Gasteiger partial charge is 0.384 e. The molecular weight excluding hydrogens is 281 g/mol. The third-order valence-electron chi connectivity index (χ3n) is 2.41. The Balaban J connectivity index is 2.53. The van der Waals surface area contributed by atoms with Gasteiger partial charge in [-0.3, -0.25) is 5.41 Å². The first-order valence-corrected chi connectivity index (χ1v) is 5.43. The fraction of sp³-hybridized carbons (Fsp3) is 0.0909. The molecule has 0 unspecified atom stereocenters. The van der Waals surface area contributed by atoms with Gasteiger partial charge in [0.1, 0.15) is 5.84 Å². The van der Waals surface area contributed by atoms with Crippen LogP contribution >= 0.6 is 11.6 Å². The van der Waals surface area contributed by atoms with Crippen molar-refractivity contribution in [2.75, 3.05) is 0 Å². The van der Waals surface area contributed by atoms with E-state index in [0.717, 1.165) is 10.9 Å². The van der Waals surface area contributed by atoms with E-state index < -0.39 is 11.7 Å². The number of hydrogen-bond acceptors (Lipinski definition) is 2. The Hall–Kier alpha value is -2.02. The van der Waals surface area contributed by atoms with Crippen LogP contribution in [0.25, 0.3) is 5.69 Å². The Morgan fingerprint density at radius 1 is 1.37 bits per heavy atom. The van der Waals surface area contributed by atoms with Crippen LogP contribution in [0.1, 0.15) is 11.1 Å². The summed E-state index contributed by atoms with van der Waals surface area (Å²) >= 11 is 5.76. The summed E-state index contributed by atoms with van der Waals surface area (Å²) in [7, 11) is 0. The number of rotatable bonds is 2. The van der Waals surface area contributed by atoms with Crippen molar-refractivity contribution < 1.29 is 13.2 Å². The standard InChI is InChI=1S/C11H8ClF3N4/c12-7-1-2-9(8(3-7)10(16)17)19-5-6(4-18-19)11(13,14)15/h1-5H,(H3,16,17). The molecular formula is C11H8ClF3N4. The molecule has 1 aromatic carbocycles. The van der Waals surface area contributed by atoms with Gasteiger partial charge in [0.25, 0.3) is 0 Å². The number of nitrogens with zero attached hydrogens (tertiary/aromatic N) is 2. The van der Waals surface area contributed by atoms with Crippen molar-refractivity contribution in [2.24, 2.45) is 5.73 Å². The van der Waals surface area contributed by atoms with E-state index in [2.05, 4.69) is 5.10 Å². The molecule has 4 nitrogen and oxygen atoms in total. The quantitative estimate of drug-likeness (QED) is 0.659. The lowest BCUT2D eigenvalue weighted by atomic mass is 10.1. The number of nitrogen functional groups attached to an aromatic ring is 1. The highest BCUT2D eigenvalue weighted by Gasteiger charge is 2.32. The predicted molar refractivity (Wildman–Crippen MR) is 64.6 cm³/mol. The first-order chi connectivity index (χ1) is 8.79. The SMILES string of the molecule is N=C(N)c1cc(Cl)ccc1-n1cc(C(F)(F)F)cn1. The van der Waals surface area contributed by atoms with Crippen LogP contribution in [0.15, 0.2) is 30.6 Å². The molecule has 0 bridgehead atoms. The Kier molecular flexibility index (Phi) is 3.23. The minimum absolute atomic E-state index is 0.212. The summed E-state index contributed by atoms with van der Waals surface area (Å²) in [5, 5.41) is 11.4. The van der Waals surface area contributed by atoms with Crippen molar-refractivity contribution in [1.29, 1.82) is 5.41 Å². The van der Waals surface area contributed by atoms with Crippen LogP contribution < -0.4 is 5.73 Å². The van der Waals surface area contributed by atoms with E-state index in [1.54, 1.807) is 0 Å². The molecule has 19 heavy (non-hydrogen) atoms. The van der Waals surface area contributed by atoms with Crippen LogP contribution in [-0.4, -0.2) is 15.6 Å². The Bertz CT molecular complexity index is 633. The summed E-state index contributed by atoms with van der Waals surface area (Å²) in [5.74, 6) is -0.304. The van der Waals surface area contributed by atoms with E-state index in [-0.39, 0.29) is 17.1 Å². The number of halogens is 4. The molecule has 100 valence electrons. The van der Waals surface area contributed by atoms with Crippen molar-refractivity contribution in [2.45, 2.75) is 6.18 Å².